The Morgan fingerprint density at radius 2 is 2.05 bits per heavy atom. The Hall–Kier alpha value is -1.69. The number of benzene rings is 1. The molecule has 0 spiro atoms. The third-order valence-corrected chi connectivity index (χ3v) is 3.79. The number of carboxylic acid groups (broad SMARTS) is 1. The van der Waals surface area contributed by atoms with E-state index in [0.717, 1.165) is 18.4 Å². The van der Waals surface area contributed by atoms with Gasteiger partial charge in [0.2, 0.25) is 0 Å². The van der Waals surface area contributed by atoms with Crippen LogP contribution in [0.4, 0.5) is 8.78 Å². The number of ether oxygens (including phenoxy) is 1. The molecule has 2 rings (SSSR count). The second kappa shape index (κ2) is 7.36. The summed E-state index contributed by atoms with van der Waals surface area (Å²) < 4.78 is 28.7. The summed E-state index contributed by atoms with van der Waals surface area (Å²) in [7, 11) is 0. The van der Waals surface area contributed by atoms with Crippen molar-refractivity contribution in [3.8, 4) is 5.75 Å². The molecule has 0 radical (unpaired) electrons. The molecule has 0 atom stereocenters. The molecule has 4 nitrogen and oxygen atoms in total. The van der Waals surface area contributed by atoms with Gasteiger partial charge in [-0.15, -0.1) is 0 Å². The molecular weight excluding hydrogens is 280 g/mol. The summed E-state index contributed by atoms with van der Waals surface area (Å²) in [5.74, 6) is -0.796. The minimum atomic E-state index is -2.82. The van der Waals surface area contributed by atoms with Gasteiger partial charge in [-0.05, 0) is 43.4 Å². The van der Waals surface area contributed by atoms with Gasteiger partial charge >= 0.3 is 12.6 Å². The molecule has 0 bridgehead atoms. The van der Waals surface area contributed by atoms with Gasteiger partial charge in [-0.2, -0.15) is 8.78 Å². The highest BCUT2D eigenvalue weighted by Crippen LogP contribution is 2.25. The van der Waals surface area contributed by atoms with E-state index in [1.807, 2.05) is 6.07 Å². The van der Waals surface area contributed by atoms with Crippen LogP contribution in [0.25, 0.3) is 0 Å². The van der Waals surface area contributed by atoms with E-state index in [-0.39, 0.29) is 17.7 Å². The fourth-order valence-corrected chi connectivity index (χ4v) is 2.64. The molecule has 0 saturated heterocycles. The number of nitrogens with one attached hydrogen (secondary N) is 1. The zero-order valence-corrected chi connectivity index (χ0v) is 11.6. The zero-order chi connectivity index (χ0) is 15.2. The van der Waals surface area contributed by atoms with Crippen LogP contribution in [0.2, 0.25) is 0 Å². The van der Waals surface area contributed by atoms with Gasteiger partial charge in [-0.25, -0.2) is 0 Å². The summed E-state index contributed by atoms with van der Waals surface area (Å²) in [6, 6.07) is 6.88. The van der Waals surface area contributed by atoms with Gasteiger partial charge in [0.05, 0.1) is 5.92 Å². The number of carbonyl (C=O) groups is 1. The van der Waals surface area contributed by atoms with Crippen molar-refractivity contribution in [2.45, 2.75) is 44.9 Å². The van der Waals surface area contributed by atoms with E-state index in [1.165, 1.54) is 6.07 Å². The van der Waals surface area contributed by atoms with E-state index < -0.39 is 12.6 Å². The molecule has 1 aromatic carbocycles. The van der Waals surface area contributed by atoms with Crippen molar-refractivity contribution < 1.29 is 23.4 Å². The fourth-order valence-electron chi connectivity index (χ4n) is 2.64. The summed E-state index contributed by atoms with van der Waals surface area (Å²) in [4.78, 5) is 10.9. The molecule has 1 saturated carbocycles. The number of halogens is 2. The van der Waals surface area contributed by atoms with Gasteiger partial charge < -0.3 is 15.2 Å². The number of hydrogen-bond acceptors (Lipinski definition) is 3. The van der Waals surface area contributed by atoms with Crippen LogP contribution < -0.4 is 10.1 Å². The second-order valence-corrected chi connectivity index (χ2v) is 5.29. The first kappa shape index (κ1) is 15.7. The van der Waals surface area contributed by atoms with Crippen LogP contribution in [-0.4, -0.2) is 23.7 Å². The van der Waals surface area contributed by atoms with Gasteiger partial charge in [0, 0.05) is 12.6 Å². The largest absolute Gasteiger partial charge is 0.481 e. The first-order valence-electron chi connectivity index (χ1n) is 7.04. The Balaban J connectivity index is 1.80. The highest BCUT2D eigenvalue weighted by atomic mass is 19.3. The molecule has 21 heavy (non-hydrogen) atoms. The number of carboxylic acids is 1. The van der Waals surface area contributed by atoms with Crippen molar-refractivity contribution in [1.29, 1.82) is 0 Å². The summed E-state index contributed by atoms with van der Waals surface area (Å²) >= 11 is 0. The van der Waals surface area contributed by atoms with Crippen LogP contribution in [0, 0.1) is 5.92 Å². The van der Waals surface area contributed by atoms with Crippen molar-refractivity contribution in [3.63, 3.8) is 0 Å². The smallest absolute Gasteiger partial charge is 0.387 e. The van der Waals surface area contributed by atoms with Crippen molar-refractivity contribution in [2.24, 2.45) is 5.92 Å². The average molecular weight is 299 g/mol. The maximum Gasteiger partial charge on any atom is 0.387 e. The van der Waals surface area contributed by atoms with Crippen LogP contribution in [0.1, 0.15) is 31.2 Å². The summed E-state index contributed by atoms with van der Waals surface area (Å²) in [5.41, 5.74) is 0.869. The monoisotopic (exact) mass is 299 g/mol. The summed E-state index contributed by atoms with van der Waals surface area (Å²) in [6.07, 6.45) is 3.01. The van der Waals surface area contributed by atoms with Gasteiger partial charge in [0.1, 0.15) is 5.75 Å². The Morgan fingerprint density at radius 1 is 1.33 bits per heavy atom. The molecule has 1 aliphatic carbocycles. The molecule has 1 aliphatic rings. The lowest BCUT2D eigenvalue weighted by Gasteiger charge is -2.27. The quantitative estimate of drug-likeness (QED) is 0.847. The van der Waals surface area contributed by atoms with Crippen molar-refractivity contribution >= 4 is 5.97 Å². The van der Waals surface area contributed by atoms with Crippen molar-refractivity contribution in [3.05, 3.63) is 29.8 Å². The number of alkyl halides is 2. The van der Waals surface area contributed by atoms with E-state index in [2.05, 4.69) is 10.1 Å². The van der Waals surface area contributed by atoms with E-state index in [9.17, 15) is 13.6 Å². The normalized spacial score (nSPS) is 22.2. The van der Waals surface area contributed by atoms with Crippen molar-refractivity contribution in [2.75, 3.05) is 0 Å². The lowest BCUT2D eigenvalue weighted by atomic mass is 9.86. The van der Waals surface area contributed by atoms with E-state index in [0.29, 0.717) is 19.4 Å². The van der Waals surface area contributed by atoms with E-state index in [4.69, 9.17) is 5.11 Å². The fraction of sp³-hybridized carbons (Fsp3) is 0.533. The molecule has 6 heteroatoms. The van der Waals surface area contributed by atoms with Gasteiger partial charge in [-0.3, -0.25) is 4.79 Å². The maximum atomic E-state index is 12.1. The van der Waals surface area contributed by atoms with Crippen LogP contribution in [0.5, 0.6) is 5.75 Å². The van der Waals surface area contributed by atoms with Crippen LogP contribution in [-0.2, 0) is 11.3 Å². The third kappa shape index (κ3) is 4.97. The topological polar surface area (TPSA) is 58.6 Å². The SMILES string of the molecule is O=C(O)C1CCC(NCc2cccc(OC(F)F)c2)CC1. The van der Waals surface area contributed by atoms with Crippen molar-refractivity contribution in [1.82, 2.24) is 5.32 Å². The molecular formula is C15H19F2NO3. The Morgan fingerprint density at radius 3 is 2.67 bits per heavy atom. The Labute approximate surface area is 122 Å². The molecule has 0 unspecified atom stereocenters. The lowest BCUT2D eigenvalue weighted by Crippen LogP contribution is -2.34. The Bertz CT molecular complexity index is 474. The molecule has 0 aromatic heterocycles. The minimum absolute atomic E-state index is 0.152. The summed E-state index contributed by atoms with van der Waals surface area (Å²) in [6.45, 7) is -2.26. The first-order chi connectivity index (χ1) is 10.0. The van der Waals surface area contributed by atoms with Crippen LogP contribution in [0.3, 0.4) is 0 Å². The first-order valence-corrected chi connectivity index (χ1v) is 7.04. The molecule has 2 N–H and O–H groups in total. The molecule has 0 aliphatic heterocycles. The van der Waals surface area contributed by atoms with Crippen LogP contribution >= 0.6 is 0 Å². The average Bonchev–Trinajstić information content (AvgIpc) is 2.45. The number of hydrogen-bond donors (Lipinski definition) is 2. The maximum absolute atomic E-state index is 12.1. The molecule has 0 heterocycles. The summed E-state index contributed by atoms with van der Waals surface area (Å²) in [5, 5.41) is 12.3. The molecule has 1 aromatic rings. The highest BCUT2D eigenvalue weighted by molar-refractivity contribution is 5.70. The van der Waals surface area contributed by atoms with Crippen LogP contribution in [0.15, 0.2) is 24.3 Å². The van der Waals surface area contributed by atoms with E-state index >= 15 is 0 Å². The van der Waals surface area contributed by atoms with Gasteiger partial charge in [-0.1, -0.05) is 12.1 Å². The van der Waals surface area contributed by atoms with E-state index in [1.54, 1.807) is 12.1 Å². The van der Waals surface area contributed by atoms with Gasteiger partial charge in [0.25, 0.3) is 0 Å². The Kier molecular flexibility index (Phi) is 5.50. The lowest BCUT2D eigenvalue weighted by molar-refractivity contribution is -0.142. The predicted molar refractivity (Wildman–Crippen MR) is 73.3 cm³/mol. The highest BCUT2D eigenvalue weighted by Gasteiger charge is 2.25. The minimum Gasteiger partial charge on any atom is -0.481 e. The molecule has 116 valence electrons. The molecule has 1 fully saturated rings. The van der Waals surface area contributed by atoms with Gasteiger partial charge in [0.15, 0.2) is 0 Å². The standard InChI is InChI=1S/C15H19F2NO3/c16-15(17)21-13-3-1-2-10(8-13)9-18-12-6-4-11(5-7-12)14(19)20/h1-3,8,11-12,15,18H,4-7,9H2,(H,19,20). The zero-order valence-electron chi connectivity index (χ0n) is 11.6. The number of rotatable bonds is 6. The third-order valence-electron chi connectivity index (χ3n) is 3.79. The molecule has 0 amide bonds. The second-order valence-electron chi connectivity index (χ2n) is 5.29. The predicted octanol–water partition coefficient (Wildman–Crippen LogP) is 3.02. The number of aliphatic carboxylic acids is 1.